The molecule has 0 rings (SSSR count). The van der Waals surface area contributed by atoms with Gasteiger partial charge in [-0.2, -0.15) is 0 Å². The molecule has 0 radical (unpaired) electrons. The lowest BCUT2D eigenvalue weighted by molar-refractivity contribution is -0.144. The van der Waals surface area contributed by atoms with E-state index in [1.807, 2.05) is 0 Å². The molecule has 0 aliphatic rings. The normalized spacial score (nSPS) is 11.8. The summed E-state index contributed by atoms with van der Waals surface area (Å²) in [7, 11) is 0. The van der Waals surface area contributed by atoms with Crippen molar-refractivity contribution in [2.24, 2.45) is 10.9 Å². The Morgan fingerprint density at radius 1 is 0.500 bits per heavy atom. The molecule has 46 heavy (non-hydrogen) atoms. The second-order valence-corrected chi connectivity index (χ2v) is 13.9. The second kappa shape index (κ2) is 36.6. The Kier molecular flexibility index (Phi) is 35.6. The first-order valence-electron chi connectivity index (χ1n) is 19.9. The van der Waals surface area contributed by atoms with Crippen LogP contribution in [0.3, 0.4) is 0 Å². The van der Waals surface area contributed by atoms with Crippen LogP contribution >= 0.6 is 12.2 Å². The molecule has 270 valence electrons. The number of isothiocyanates is 1. The Morgan fingerprint density at radius 2 is 0.870 bits per heavy atom. The van der Waals surface area contributed by atoms with E-state index >= 15 is 0 Å². The number of esters is 2. The van der Waals surface area contributed by atoms with Crippen molar-refractivity contribution < 1.29 is 19.1 Å². The molecule has 0 saturated carbocycles. The first-order chi connectivity index (χ1) is 22.6. The minimum atomic E-state index is -0.0317. The summed E-state index contributed by atoms with van der Waals surface area (Å²) in [6.45, 7) is 7.96. The second-order valence-electron chi connectivity index (χ2n) is 13.7. The average Bonchev–Trinajstić information content (AvgIpc) is 3.05. The maximum absolute atomic E-state index is 12.1. The number of carbonyl (C=O) groups excluding carboxylic acids is 2. The predicted molar refractivity (Wildman–Crippen MR) is 200 cm³/mol. The van der Waals surface area contributed by atoms with E-state index in [-0.39, 0.29) is 18.0 Å². The van der Waals surface area contributed by atoms with Gasteiger partial charge < -0.3 is 9.47 Å². The van der Waals surface area contributed by atoms with Crippen molar-refractivity contribution in [3.05, 3.63) is 0 Å². The highest BCUT2D eigenvalue weighted by atomic mass is 32.1. The van der Waals surface area contributed by atoms with Crippen molar-refractivity contribution >= 4 is 29.3 Å². The number of nitrogens with zero attached hydrogens (tertiary/aromatic N) is 1. The van der Waals surface area contributed by atoms with E-state index in [2.05, 4.69) is 30.9 Å². The van der Waals surface area contributed by atoms with E-state index in [1.165, 1.54) is 103 Å². The van der Waals surface area contributed by atoms with E-state index in [4.69, 9.17) is 21.7 Å². The summed E-state index contributed by atoms with van der Waals surface area (Å²) < 4.78 is 10.9. The largest absolute Gasteiger partial charge is 0.466 e. The van der Waals surface area contributed by atoms with E-state index < -0.39 is 0 Å². The Morgan fingerprint density at radius 3 is 1.35 bits per heavy atom. The quantitative estimate of drug-likeness (QED) is 0.0288. The van der Waals surface area contributed by atoms with Gasteiger partial charge in [-0.05, 0) is 63.1 Å². The molecule has 0 bridgehead atoms. The molecule has 0 saturated heterocycles. The number of aliphatic imine (C=N–C) groups is 1. The molecule has 1 unspecified atom stereocenters. The fraction of sp³-hybridized carbons (Fsp3) is 0.925. The monoisotopic (exact) mass is 666 g/mol. The summed E-state index contributed by atoms with van der Waals surface area (Å²) >= 11 is 4.90. The molecule has 0 aromatic heterocycles. The van der Waals surface area contributed by atoms with Crippen LogP contribution in [-0.2, 0) is 19.1 Å². The van der Waals surface area contributed by atoms with Gasteiger partial charge in [-0.1, -0.05) is 156 Å². The van der Waals surface area contributed by atoms with Crippen molar-refractivity contribution in [2.45, 2.75) is 219 Å². The molecule has 1 atom stereocenters. The van der Waals surface area contributed by atoms with Gasteiger partial charge in [0.25, 0.3) is 0 Å². The molecular formula is C40H75NO4S. The SMILES string of the molecule is CCCCCCCCCOC(=O)CCCCCCCC(CCCCCCCC(=O)OCCCCC(CCCC)CCCC)N=C=S. The fourth-order valence-electron chi connectivity index (χ4n) is 6.24. The molecule has 0 aliphatic heterocycles. The van der Waals surface area contributed by atoms with Gasteiger partial charge in [0.15, 0.2) is 0 Å². The standard InChI is InChI=1S/C40H75NO4S/c1-4-7-10-11-12-19-25-34-44-39(42)32-22-17-13-15-20-30-38(41-36-46)31-21-16-14-18-23-33-40(43)45-35-26-24-29-37(27-8-5-2)28-9-6-3/h37-38H,4-35H2,1-3H3. The molecular weight excluding hydrogens is 591 g/mol. The number of ether oxygens (including phenoxy) is 2. The smallest absolute Gasteiger partial charge is 0.305 e. The highest BCUT2D eigenvalue weighted by Gasteiger charge is 2.10. The highest BCUT2D eigenvalue weighted by molar-refractivity contribution is 7.78. The number of thiocarbonyl (C=S) groups is 1. The molecule has 0 heterocycles. The van der Waals surface area contributed by atoms with Crippen molar-refractivity contribution in [3.8, 4) is 0 Å². The van der Waals surface area contributed by atoms with Gasteiger partial charge in [-0.3, -0.25) is 9.59 Å². The van der Waals surface area contributed by atoms with Gasteiger partial charge in [0.05, 0.1) is 24.4 Å². The molecule has 0 fully saturated rings. The zero-order valence-corrected chi connectivity index (χ0v) is 31.6. The van der Waals surface area contributed by atoms with Crippen molar-refractivity contribution in [1.29, 1.82) is 0 Å². The van der Waals surface area contributed by atoms with Gasteiger partial charge in [-0.25, -0.2) is 4.99 Å². The summed E-state index contributed by atoms with van der Waals surface area (Å²) in [5, 5.41) is 2.60. The van der Waals surface area contributed by atoms with E-state index in [1.54, 1.807) is 0 Å². The summed E-state index contributed by atoms with van der Waals surface area (Å²) in [6.07, 6.45) is 34.3. The zero-order chi connectivity index (χ0) is 33.8. The first kappa shape index (κ1) is 44.7. The minimum Gasteiger partial charge on any atom is -0.466 e. The third-order valence-electron chi connectivity index (χ3n) is 9.28. The lowest BCUT2D eigenvalue weighted by Gasteiger charge is -2.16. The van der Waals surface area contributed by atoms with Gasteiger partial charge in [-0.15, -0.1) is 0 Å². The van der Waals surface area contributed by atoms with E-state index in [0.717, 1.165) is 83.0 Å². The summed E-state index contributed by atoms with van der Waals surface area (Å²) in [5.74, 6) is 0.801. The van der Waals surface area contributed by atoms with Crippen LogP contribution in [0.5, 0.6) is 0 Å². The average molecular weight is 666 g/mol. The Balaban J connectivity index is 3.67. The van der Waals surface area contributed by atoms with Crippen LogP contribution < -0.4 is 0 Å². The van der Waals surface area contributed by atoms with Crippen LogP contribution in [0.2, 0.25) is 0 Å². The molecule has 6 heteroatoms. The maximum Gasteiger partial charge on any atom is 0.305 e. The third-order valence-corrected chi connectivity index (χ3v) is 9.39. The lowest BCUT2D eigenvalue weighted by atomic mass is 9.91. The van der Waals surface area contributed by atoms with Crippen LogP contribution in [0.25, 0.3) is 0 Å². The first-order valence-corrected chi connectivity index (χ1v) is 20.4. The molecule has 0 amide bonds. The van der Waals surface area contributed by atoms with E-state index in [0.29, 0.717) is 26.1 Å². The number of hydrogen-bond donors (Lipinski definition) is 0. The Hall–Kier alpha value is -1.26. The maximum atomic E-state index is 12.1. The Labute approximate surface area is 291 Å². The van der Waals surface area contributed by atoms with Crippen LogP contribution in [-0.4, -0.2) is 36.4 Å². The third kappa shape index (κ3) is 32.7. The molecule has 0 aromatic carbocycles. The number of unbranched alkanes of at least 4 members (excludes halogenated alkanes) is 17. The molecule has 0 N–H and O–H groups in total. The van der Waals surface area contributed by atoms with Crippen molar-refractivity contribution in [3.63, 3.8) is 0 Å². The zero-order valence-electron chi connectivity index (χ0n) is 30.8. The summed E-state index contributed by atoms with van der Waals surface area (Å²) in [4.78, 5) is 28.5. The van der Waals surface area contributed by atoms with Gasteiger partial charge >= 0.3 is 11.9 Å². The number of hydrogen-bond acceptors (Lipinski definition) is 6. The van der Waals surface area contributed by atoms with Crippen LogP contribution in [0.4, 0.5) is 0 Å². The van der Waals surface area contributed by atoms with Crippen LogP contribution in [0.15, 0.2) is 4.99 Å². The van der Waals surface area contributed by atoms with E-state index in [9.17, 15) is 9.59 Å². The topological polar surface area (TPSA) is 65.0 Å². The molecule has 0 spiro atoms. The predicted octanol–water partition coefficient (Wildman–Crippen LogP) is 12.9. The van der Waals surface area contributed by atoms with Crippen LogP contribution in [0.1, 0.15) is 213 Å². The van der Waals surface area contributed by atoms with Crippen molar-refractivity contribution in [1.82, 2.24) is 0 Å². The molecule has 0 aliphatic carbocycles. The number of rotatable bonds is 36. The summed E-state index contributed by atoms with van der Waals surface area (Å²) in [6, 6.07) is 0.280. The van der Waals surface area contributed by atoms with Gasteiger partial charge in [0.1, 0.15) is 0 Å². The Bertz CT molecular complexity index is 716. The highest BCUT2D eigenvalue weighted by Crippen LogP contribution is 2.22. The fourth-order valence-corrected chi connectivity index (χ4v) is 6.39. The van der Waals surface area contributed by atoms with Gasteiger partial charge in [0.2, 0.25) is 0 Å². The molecule has 5 nitrogen and oxygen atoms in total. The van der Waals surface area contributed by atoms with Crippen molar-refractivity contribution in [2.75, 3.05) is 13.2 Å². The van der Waals surface area contributed by atoms with Crippen LogP contribution in [0, 0.1) is 5.92 Å². The lowest BCUT2D eigenvalue weighted by Crippen LogP contribution is -2.07. The minimum absolute atomic E-state index is 0.0253. The molecule has 0 aromatic rings. The number of carbonyl (C=O) groups is 2. The summed E-state index contributed by atoms with van der Waals surface area (Å²) in [5.41, 5.74) is 0. The van der Waals surface area contributed by atoms with Gasteiger partial charge in [0, 0.05) is 12.8 Å².